The lowest BCUT2D eigenvalue weighted by atomic mass is 10.3. The second-order valence-electron chi connectivity index (χ2n) is 4.06. The van der Waals surface area contributed by atoms with Gasteiger partial charge in [-0.1, -0.05) is 0 Å². The Balaban J connectivity index is 2.19. The van der Waals surface area contributed by atoms with Crippen molar-refractivity contribution in [1.82, 2.24) is 29.6 Å². The van der Waals surface area contributed by atoms with E-state index < -0.39 is 11.8 Å². The first-order chi connectivity index (χ1) is 10.5. The summed E-state index contributed by atoms with van der Waals surface area (Å²) in [5.41, 5.74) is -0.497. The highest BCUT2D eigenvalue weighted by Crippen LogP contribution is 2.05. The third-order valence-electron chi connectivity index (χ3n) is 2.56. The fourth-order valence-electron chi connectivity index (χ4n) is 1.54. The van der Waals surface area contributed by atoms with E-state index >= 15 is 0 Å². The van der Waals surface area contributed by atoms with Crippen LogP contribution in [0.3, 0.4) is 0 Å². The first-order valence-electron chi connectivity index (χ1n) is 5.88. The van der Waals surface area contributed by atoms with E-state index in [1.165, 1.54) is 18.7 Å². The Bertz CT molecular complexity index is 754. The summed E-state index contributed by atoms with van der Waals surface area (Å²) in [6.45, 7) is -0.435. The minimum absolute atomic E-state index is 0.0524. The predicted molar refractivity (Wildman–Crippen MR) is 76.3 cm³/mol. The van der Waals surface area contributed by atoms with Crippen molar-refractivity contribution >= 4 is 22.0 Å². The summed E-state index contributed by atoms with van der Waals surface area (Å²) in [4.78, 5) is 30.5. The largest absolute Gasteiger partial charge is 0.465 e. The lowest BCUT2D eigenvalue weighted by Gasteiger charge is -2.05. The summed E-state index contributed by atoms with van der Waals surface area (Å²) in [5.74, 6) is 0.258. The van der Waals surface area contributed by atoms with Crippen LogP contribution in [0.1, 0.15) is 0 Å². The standard InChI is InChI=1S/C11H10BrFN6O3/c12-8-3-15-9(4-14-8)18-6-17-19(11(18)22)5-7(1-13)2-16-10(20)21/h1,3-4,6,16H,2,5H2,(H,20,21)/b7-1+. The van der Waals surface area contributed by atoms with Crippen molar-refractivity contribution in [3.63, 3.8) is 0 Å². The molecule has 0 aliphatic heterocycles. The van der Waals surface area contributed by atoms with E-state index in [1.54, 1.807) is 0 Å². The van der Waals surface area contributed by atoms with Gasteiger partial charge in [-0.3, -0.25) is 0 Å². The molecule has 0 unspecified atom stereocenters. The molecule has 1 amide bonds. The minimum Gasteiger partial charge on any atom is -0.465 e. The molecule has 0 atom stereocenters. The van der Waals surface area contributed by atoms with Crippen LogP contribution in [-0.4, -0.2) is 42.1 Å². The monoisotopic (exact) mass is 372 g/mol. The first kappa shape index (κ1) is 15.8. The minimum atomic E-state index is -1.29. The highest BCUT2D eigenvalue weighted by Gasteiger charge is 2.10. The lowest BCUT2D eigenvalue weighted by Crippen LogP contribution is -2.29. The molecule has 2 aromatic heterocycles. The van der Waals surface area contributed by atoms with Gasteiger partial charge in [0.25, 0.3) is 0 Å². The molecule has 22 heavy (non-hydrogen) atoms. The molecule has 0 spiro atoms. The van der Waals surface area contributed by atoms with Crippen LogP contribution >= 0.6 is 15.9 Å². The highest BCUT2D eigenvalue weighted by atomic mass is 79.9. The van der Waals surface area contributed by atoms with E-state index in [4.69, 9.17) is 5.11 Å². The van der Waals surface area contributed by atoms with Crippen molar-refractivity contribution in [2.75, 3.05) is 6.54 Å². The number of hydrogen-bond donors (Lipinski definition) is 2. The first-order valence-corrected chi connectivity index (χ1v) is 6.68. The second kappa shape index (κ2) is 6.93. The van der Waals surface area contributed by atoms with Crippen molar-refractivity contribution in [3.05, 3.63) is 45.7 Å². The van der Waals surface area contributed by atoms with Gasteiger partial charge in [0.05, 0.1) is 25.3 Å². The van der Waals surface area contributed by atoms with Crippen molar-refractivity contribution in [2.45, 2.75) is 6.54 Å². The van der Waals surface area contributed by atoms with E-state index in [9.17, 15) is 14.0 Å². The molecule has 0 saturated heterocycles. The molecule has 2 heterocycles. The van der Waals surface area contributed by atoms with E-state index in [2.05, 4.69) is 31.0 Å². The van der Waals surface area contributed by atoms with Gasteiger partial charge >= 0.3 is 11.8 Å². The molecule has 2 rings (SSSR count). The van der Waals surface area contributed by atoms with Gasteiger partial charge < -0.3 is 10.4 Å². The van der Waals surface area contributed by atoms with E-state index in [1.807, 2.05) is 5.32 Å². The maximum absolute atomic E-state index is 12.7. The van der Waals surface area contributed by atoms with Gasteiger partial charge in [-0.15, -0.1) is 0 Å². The molecule has 0 aromatic carbocycles. The molecule has 0 radical (unpaired) electrons. The lowest BCUT2D eigenvalue weighted by molar-refractivity contribution is 0.195. The summed E-state index contributed by atoms with van der Waals surface area (Å²) >= 11 is 3.13. The van der Waals surface area contributed by atoms with Gasteiger partial charge in [-0.2, -0.15) is 5.10 Å². The van der Waals surface area contributed by atoms with E-state index in [-0.39, 0.29) is 30.8 Å². The van der Waals surface area contributed by atoms with Crippen molar-refractivity contribution in [2.24, 2.45) is 0 Å². The average molecular weight is 373 g/mol. The quantitative estimate of drug-likeness (QED) is 0.798. The number of nitrogens with one attached hydrogen (secondary N) is 1. The SMILES string of the molecule is O=C(O)NC/C(=C\F)Cn1ncn(-c2cnc(Br)cn2)c1=O. The molecule has 0 aliphatic rings. The Labute approximate surface area is 131 Å². The summed E-state index contributed by atoms with van der Waals surface area (Å²) in [5, 5.41) is 14.3. The molecular formula is C11H10BrFN6O3. The Morgan fingerprint density at radius 1 is 1.45 bits per heavy atom. The highest BCUT2D eigenvalue weighted by molar-refractivity contribution is 9.10. The number of halogens is 2. The molecule has 9 nitrogen and oxygen atoms in total. The number of nitrogens with zero attached hydrogens (tertiary/aromatic N) is 5. The normalized spacial score (nSPS) is 11.5. The van der Waals surface area contributed by atoms with Gasteiger partial charge in [0.1, 0.15) is 10.9 Å². The molecule has 0 aliphatic carbocycles. The number of carbonyl (C=O) groups is 1. The van der Waals surface area contributed by atoms with Crippen LogP contribution in [0.25, 0.3) is 5.82 Å². The Kier molecular flexibility index (Phi) is 4.99. The van der Waals surface area contributed by atoms with Crippen molar-refractivity contribution < 1.29 is 14.3 Å². The summed E-state index contributed by atoms with van der Waals surface area (Å²) < 4.78 is 15.4. The maximum atomic E-state index is 12.7. The van der Waals surface area contributed by atoms with Gasteiger partial charge in [-0.25, -0.2) is 33.2 Å². The zero-order valence-corrected chi connectivity index (χ0v) is 12.6. The van der Waals surface area contributed by atoms with Gasteiger partial charge in [0.15, 0.2) is 5.82 Å². The smallest absolute Gasteiger partial charge is 0.404 e. The molecule has 11 heteroatoms. The zero-order chi connectivity index (χ0) is 16.1. The fourth-order valence-corrected chi connectivity index (χ4v) is 1.75. The molecule has 0 saturated carbocycles. The third kappa shape index (κ3) is 3.75. The average Bonchev–Trinajstić information content (AvgIpc) is 2.85. The molecular weight excluding hydrogens is 363 g/mol. The number of hydrogen-bond acceptors (Lipinski definition) is 5. The van der Waals surface area contributed by atoms with Crippen LogP contribution in [0.15, 0.2) is 40.0 Å². The van der Waals surface area contributed by atoms with E-state index in [0.717, 1.165) is 9.25 Å². The van der Waals surface area contributed by atoms with Crippen LogP contribution in [0, 0.1) is 0 Å². The van der Waals surface area contributed by atoms with Gasteiger partial charge in [0.2, 0.25) is 0 Å². The van der Waals surface area contributed by atoms with Crippen LogP contribution in [-0.2, 0) is 6.54 Å². The van der Waals surface area contributed by atoms with Crippen molar-refractivity contribution in [3.8, 4) is 5.82 Å². The van der Waals surface area contributed by atoms with Crippen LogP contribution in [0.4, 0.5) is 9.18 Å². The van der Waals surface area contributed by atoms with Crippen LogP contribution in [0.5, 0.6) is 0 Å². The summed E-state index contributed by atoms with van der Waals surface area (Å²) in [7, 11) is 0. The van der Waals surface area contributed by atoms with Crippen LogP contribution in [0.2, 0.25) is 0 Å². The zero-order valence-electron chi connectivity index (χ0n) is 11.0. The molecule has 0 bridgehead atoms. The van der Waals surface area contributed by atoms with Gasteiger partial charge in [-0.05, 0) is 21.5 Å². The number of carboxylic acid groups (broad SMARTS) is 1. The van der Waals surface area contributed by atoms with Crippen LogP contribution < -0.4 is 11.0 Å². The predicted octanol–water partition coefficient (Wildman–Crippen LogP) is 0.707. The maximum Gasteiger partial charge on any atom is 0.404 e. The summed E-state index contributed by atoms with van der Waals surface area (Å²) in [6.07, 6.45) is 2.96. The number of rotatable bonds is 5. The topological polar surface area (TPSA) is 115 Å². The second-order valence-corrected chi connectivity index (χ2v) is 4.88. The fraction of sp³-hybridized carbons (Fsp3) is 0.182. The molecule has 2 aromatic rings. The molecule has 0 fully saturated rings. The summed E-state index contributed by atoms with van der Waals surface area (Å²) in [6, 6.07) is 0. The van der Waals surface area contributed by atoms with Gasteiger partial charge in [0, 0.05) is 6.54 Å². The molecule has 2 N–H and O–H groups in total. The molecule has 116 valence electrons. The Morgan fingerprint density at radius 3 is 2.82 bits per heavy atom. The Morgan fingerprint density at radius 2 is 2.23 bits per heavy atom. The Hall–Kier alpha value is -2.56. The number of amides is 1. The van der Waals surface area contributed by atoms with E-state index in [0.29, 0.717) is 4.60 Å². The van der Waals surface area contributed by atoms with Crippen molar-refractivity contribution in [1.29, 1.82) is 0 Å². The number of aromatic nitrogens is 5. The third-order valence-corrected chi connectivity index (χ3v) is 2.97.